The molecule has 2 aliphatic carbocycles. The predicted octanol–water partition coefficient (Wildman–Crippen LogP) is 2.53. The molecule has 6 heteroatoms. The fourth-order valence-electron chi connectivity index (χ4n) is 3.95. The third-order valence-electron chi connectivity index (χ3n) is 4.93. The number of hydrogen-bond acceptors (Lipinski definition) is 4. The molecule has 3 N–H and O–H groups in total. The van der Waals surface area contributed by atoms with Crippen LogP contribution in [0.2, 0.25) is 5.15 Å². The van der Waals surface area contributed by atoms with Crippen molar-refractivity contribution in [1.29, 1.82) is 0 Å². The summed E-state index contributed by atoms with van der Waals surface area (Å²) in [6.45, 7) is 0.825. The summed E-state index contributed by atoms with van der Waals surface area (Å²) in [4.78, 5) is 18.3. The summed E-state index contributed by atoms with van der Waals surface area (Å²) >= 11 is 5.92. The summed E-state index contributed by atoms with van der Waals surface area (Å²) in [7, 11) is 1.86. The van der Waals surface area contributed by atoms with Gasteiger partial charge in [0, 0.05) is 19.2 Å². The van der Waals surface area contributed by atoms with Crippen LogP contribution in [-0.2, 0) is 0 Å². The molecule has 1 aromatic heterocycles. The molecule has 1 heterocycles. The number of nitrogens with two attached hydrogens (primary N) is 1. The number of hydrazine groups is 1. The van der Waals surface area contributed by atoms with Gasteiger partial charge in [-0.15, -0.1) is 0 Å². The number of nitrogens with one attached hydrogen (secondary N) is 1. The molecule has 0 aliphatic heterocycles. The van der Waals surface area contributed by atoms with Crippen LogP contribution in [0.4, 0.5) is 5.82 Å². The first-order valence-corrected chi connectivity index (χ1v) is 7.84. The van der Waals surface area contributed by atoms with E-state index in [1.165, 1.54) is 25.7 Å². The van der Waals surface area contributed by atoms with Gasteiger partial charge < -0.3 is 10.3 Å². The van der Waals surface area contributed by atoms with Crippen LogP contribution in [0, 0.1) is 17.8 Å². The zero-order valence-corrected chi connectivity index (χ0v) is 12.9. The molecule has 3 rings (SSSR count). The van der Waals surface area contributed by atoms with Crippen LogP contribution in [-0.4, -0.2) is 29.4 Å². The number of nitrogen functional groups attached to an aromatic ring is 1. The largest absolute Gasteiger partial charge is 0.341 e. The van der Waals surface area contributed by atoms with Crippen molar-refractivity contribution in [1.82, 2.24) is 9.88 Å². The summed E-state index contributed by atoms with van der Waals surface area (Å²) in [6, 6.07) is 3.22. The average molecular weight is 309 g/mol. The summed E-state index contributed by atoms with van der Waals surface area (Å²) in [5, 5.41) is 0.266. The summed E-state index contributed by atoms with van der Waals surface area (Å²) in [5.74, 6) is 8.08. The van der Waals surface area contributed by atoms with Gasteiger partial charge >= 0.3 is 0 Å². The Bertz CT molecular complexity index is 550. The lowest BCUT2D eigenvalue weighted by Crippen LogP contribution is -2.33. The van der Waals surface area contributed by atoms with E-state index in [-0.39, 0.29) is 11.1 Å². The molecule has 2 fully saturated rings. The van der Waals surface area contributed by atoms with Crippen molar-refractivity contribution in [3.63, 3.8) is 0 Å². The first-order valence-electron chi connectivity index (χ1n) is 7.46. The zero-order valence-electron chi connectivity index (χ0n) is 12.2. The van der Waals surface area contributed by atoms with Crippen LogP contribution in [0.3, 0.4) is 0 Å². The molecule has 2 aliphatic rings. The maximum atomic E-state index is 12.5. The van der Waals surface area contributed by atoms with Crippen LogP contribution >= 0.6 is 11.6 Å². The second-order valence-corrected chi connectivity index (χ2v) is 6.72. The van der Waals surface area contributed by atoms with Crippen molar-refractivity contribution in [3.05, 3.63) is 22.8 Å². The van der Waals surface area contributed by atoms with E-state index >= 15 is 0 Å². The summed E-state index contributed by atoms with van der Waals surface area (Å²) in [5.41, 5.74) is 2.95. The fourth-order valence-corrected chi connectivity index (χ4v) is 4.16. The lowest BCUT2D eigenvalue weighted by Gasteiger charge is -2.27. The fraction of sp³-hybridized carbons (Fsp3) is 0.600. The Morgan fingerprint density at radius 2 is 2.29 bits per heavy atom. The highest BCUT2D eigenvalue weighted by molar-refractivity contribution is 6.29. The van der Waals surface area contributed by atoms with Crippen molar-refractivity contribution < 1.29 is 4.79 Å². The SMILES string of the molecule is CN(CC1CC2CCC1C2)C(=O)c1cc(Cl)nc(NN)c1. The molecule has 1 amide bonds. The summed E-state index contributed by atoms with van der Waals surface area (Å²) < 4.78 is 0. The molecular weight excluding hydrogens is 288 g/mol. The van der Waals surface area contributed by atoms with Crippen LogP contribution in [0.5, 0.6) is 0 Å². The van der Waals surface area contributed by atoms with Crippen molar-refractivity contribution in [3.8, 4) is 0 Å². The molecule has 3 atom stereocenters. The smallest absolute Gasteiger partial charge is 0.253 e. The molecule has 0 radical (unpaired) electrons. The minimum atomic E-state index is -0.0291. The van der Waals surface area contributed by atoms with Crippen LogP contribution in [0.1, 0.15) is 36.0 Å². The quantitative estimate of drug-likeness (QED) is 0.509. The molecule has 3 unspecified atom stereocenters. The van der Waals surface area contributed by atoms with E-state index in [0.29, 0.717) is 17.3 Å². The van der Waals surface area contributed by atoms with E-state index in [1.54, 1.807) is 17.0 Å². The van der Waals surface area contributed by atoms with E-state index in [9.17, 15) is 4.79 Å². The Labute approximate surface area is 129 Å². The second-order valence-electron chi connectivity index (χ2n) is 6.33. The minimum absolute atomic E-state index is 0.0291. The van der Waals surface area contributed by atoms with Gasteiger partial charge in [-0.05, 0) is 49.1 Å². The van der Waals surface area contributed by atoms with Crippen LogP contribution < -0.4 is 11.3 Å². The maximum absolute atomic E-state index is 12.5. The van der Waals surface area contributed by atoms with E-state index < -0.39 is 0 Å². The van der Waals surface area contributed by atoms with Crippen molar-refractivity contribution in [2.45, 2.75) is 25.7 Å². The van der Waals surface area contributed by atoms with E-state index in [4.69, 9.17) is 17.4 Å². The van der Waals surface area contributed by atoms with Crippen molar-refractivity contribution in [2.24, 2.45) is 23.6 Å². The number of rotatable bonds is 4. The molecule has 1 aromatic rings. The normalized spacial score (nSPS) is 26.9. The number of halogens is 1. The molecule has 5 nitrogen and oxygen atoms in total. The number of amides is 1. The molecular formula is C15H21ClN4O. The second kappa shape index (κ2) is 5.81. The first kappa shape index (κ1) is 14.6. The topological polar surface area (TPSA) is 71.2 Å². The van der Waals surface area contributed by atoms with Gasteiger partial charge in [-0.3, -0.25) is 4.79 Å². The average Bonchev–Trinajstić information content (AvgIpc) is 3.08. The lowest BCUT2D eigenvalue weighted by molar-refractivity contribution is 0.0754. The molecule has 114 valence electrons. The first-order chi connectivity index (χ1) is 10.1. The number of nitrogens with zero attached hydrogens (tertiary/aromatic N) is 2. The molecule has 0 saturated heterocycles. The maximum Gasteiger partial charge on any atom is 0.253 e. The number of aromatic nitrogens is 1. The highest BCUT2D eigenvalue weighted by atomic mass is 35.5. The number of pyridine rings is 1. The van der Waals surface area contributed by atoms with Gasteiger partial charge in [0.15, 0.2) is 0 Å². The van der Waals surface area contributed by atoms with Gasteiger partial charge in [0.25, 0.3) is 5.91 Å². The highest BCUT2D eigenvalue weighted by Crippen LogP contribution is 2.48. The standard InChI is InChI=1S/C15H21ClN4O/c1-20(8-12-5-9-2-3-10(12)4-9)15(21)11-6-13(16)18-14(7-11)19-17/h6-7,9-10,12H,2-5,8,17H2,1H3,(H,18,19). The number of hydrogen-bond donors (Lipinski definition) is 2. The van der Waals surface area contributed by atoms with Gasteiger partial charge in [0.05, 0.1) is 0 Å². The Morgan fingerprint density at radius 3 is 2.90 bits per heavy atom. The van der Waals surface area contributed by atoms with Gasteiger partial charge in [-0.2, -0.15) is 0 Å². The van der Waals surface area contributed by atoms with Gasteiger partial charge in [0.1, 0.15) is 11.0 Å². The lowest BCUT2D eigenvalue weighted by atomic mass is 9.88. The monoisotopic (exact) mass is 308 g/mol. The molecule has 0 spiro atoms. The van der Waals surface area contributed by atoms with Crippen LogP contribution in [0.15, 0.2) is 12.1 Å². The minimum Gasteiger partial charge on any atom is -0.341 e. The summed E-state index contributed by atoms with van der Waals surface area (Å²) in [6.07, 6.45) is 5.34. The van der Waals surface area contributed by atoms with E-state index in [1.807, 2.05) is 7.05 Å². The zero-order chi connectivity index (χ0) is 15.0. The molecule has 21 heavy (non-hydrogen) atoms. The van der Waals surface area contributed by atoms with Gasteiger partial charge in [-0.25, -0.2) is 10.8 Å². The van der Waals surface area contributed by atoms with E-state index in [0.717, 1.165) is 18.4 Å². The molecule has 0 aromatic carbocycles. The molecule has 2 saturated carbocycles. The predicted molar refractivity (Wildman–Crippen MR) is 83.0 cm³/mol. The van der Waals surface area contributed by atoms with Gasteiger partial charge in [-0.1, -0.05) is 18.0 Å². The van der Waals surface area contributed by atoms with Crippen LogP contribution in [0.25, 0.3) is 0 Å². The number of carbonyl (C=O) groups is 1. The van der Waals surface area contributed by atoms with Crippen molar-refractivity contribution >= 4 is 23.3 Å². The van der Waals surface area contributed by atoms with E-state index in [2.05, 4.69) is 10.4 Å². The number of fused-ring (bicyclic) bond motifs is 2. The van der Waals surface area contributed by atoms with Gasteiger partial charge in [0.2, 0.25) is 0 Å². The van der Waals surface area contributed by atoms with Crippen molar-refractivity contribution in [2.75, 3.05) is 19.0 Å². The Hall–Kier alpha value is -1.33. The third-order valence-corrected chi connectivity index (χ3v) is 5.12. The third kappa shape index (κ3) is 2.99. The Kier molecular flexibility index (Phi) is 4.04. The Balaban J connectivity index is 1.68. The highest BCUT2D eigenvalue weighted by Gasteiger charge is 2.40. The Morgan fingerprint density at radius 1 is 1.48 bits per heavy atom. The number of anilines is 1. The molecule has 2 bridgehead atoms. The number of carbonyl (C=O) groups excluding carboxylic acids is 1.